The van der Waals surface area contributed by atoms with Crippen molar-refractivity contribution < 1.29 is 14.7 Å². The van der Waals surface area contributed by atoms with E-state index in [4.69, 9.17) is 15.4 Å². The van der Waals surface area contributed by atoms with Gasteiger partial charge in [0.1, 0.15) is 28.4 Å². The largest absolute Gasteiger partial charge is 0.383 e. The number of aromatic nitrogens is 5. The summed E-state index contributed by atoms with van der Waals surface area (Å²) >= 11 is 0. The Balaban J connectivity index is 1.73. The number of hydrogen-bond acceptors (Lipinski definition) is 8. The van der Waals surface area contributed by atoms with Crippen LogP contribution in [0.3, 0.4) is 0 Å². The van der Waals surface area contributed by atoms with Crippen LogP contribution in [-0.2, 0) is 11.2 Å². The second kappa shape index (κ2) is 6.60. The first-order chi connectivity index (χ1) is 14.7. The molecule has 3 heterocycles. The summed E-state index contributed by atoms with van der Waals surface area (Å²) in [4.78, 5) is 8.25. The monoisotopic (exact) mass is 420 g/mol. The molecule has 0 amide bonds. The molecular weight excluding hydrogens is 396 g/mol. The third-order valence-electron chi connectivity index (χ3n) is 6.10. The molecule has 160 valence electrons. The van der Waals surface area contributed by atoms with E-state index in [1.54, 1.807) is 43.8 Å². The number of benzene rings is 1. The first-order valence-corrected chi connectivity index (χ1v) is 10.2. The van der Waals surface area contributed by atoms with Gasteiger partial charge >= 0.3 is 0 Å². The number of nitrogens with two attached hydrogens (primary N) is 1. The van der Waals surface area contributed by atoms with Gasteiger partial charge in [0, 0.05) is 23.7 Å². The number of hydrogen-bond donors (Lipinski definition) is 3. The molecule has 9 heteroatoms. The summed E-state index contributed by atoms with van der Waals surface area (Å²) < 4.78 is 6.79. The van der Waals surface area contributed by atoms with E-state index in [9.17, 15) is 10.2 Å². The molecule has 0 saturated heterocycles. The van der Waals surface area contributed by atoms with E-state index in [0.29, 0.717) is 34.0 Å². The average Bonchev–Trinajstić information content (AvgIpc) is 3.39. The Morgan fingerprint density at radius 1 is 1.16 bits per heavy atom. The number of aliphatic hydroxyl groups is 2. The van der Waals surface area contributed by atoms with Crippen LogP contribution in [0.2, 0.25) is 0 Å². The van der Waals surface area contributed by atoms with E-state index in [2.05, 4.69) is 15.1 Å². The highest BCUT2D eigenvalue weighted by molar-refractivity contribution is 5.85. The Hall–Kier alpha value is -3.30. The Bertz CT molecular complexity index is 1290. The van der Waals surface area contributed by atoms with E-state index < -0.39 is 11.2 Å². The normalized spacial score (nSPS) is 18.1. The zero-order chi connectivity index (χ0) is 22.0. The lowest BCUT2D eigenvalue weighted by atomic mass is 9.89. The van der Waals surface area contributed by atoms with Crippen LogP contribution < -0.4 is 5.73 Å². The Kier molecular flexibility index (Phi) is 4.18. The number of fused-ring (bicyclic) bond motifs is 1. The standard InChI is InChI=1S/C22H24N6O3/c1-12-10-17(27-31-12)21(2,29)14-6-7-15-16(11-14)28(18-8-9-24-20(23)25-18)26-19(15)22(3,30)13-4-5-13/h6-11,13,29-30H,4-5H2,1-3H3,(H2,23,24,25). The number of rotatable bonds is 5. The molecule has 4 aromatic rings. The summed E-state index contributed by atoms with van der Waals surface area (Å²) in [5, 5.41) is 32.0. The fourth-order valence-corrected chi connectivity index (χ4v) is 4.03. The van der Waals surface area contributed by atoms with Crippen molar-refractivity contribution in [2.24, 2.45) is 5.92 Å². The molecule has 1 saturated carbocycles. The first kappa shape index (κ1) is 19.7. The first-order valence-electron chi connectivity index (χ1n) is 10.2. The van der Waals surface area contributed by atoms with Crippen LogP contribution in [0, 0.1) is 12.8 Å². The number of nitrogen functional groups attached to an aromatic ring is 1. The van der Waals surface area contributed by atoms with Crippen LogP contribution in [0.25, 0.3) is 16.7 Å². The van der Waals surface area contributed by atoms with Gasteiger partial charge in [-0.15, -0.1) is 0 Å². The quantitative estimate of drug-likeness (QED) is 0.448. The lowest BCUT2D eigenvalue weighted by Crippen LogP contribution is -2.25. The average molecular weight is 420 g/mol. The molecule has 1 aliphatic rings. The highest BCUT2D eigenvalue weighted by atomic mass is 16.5. The zero-order valence-corrected chi connectivity index (χ0v) is 17.6. The van der Waals surface area contributed by atoms with Crippen molar-refractivity contribution in [3.05, 3.63) is 59.2 Å². The molecule has 3 aromatic heterocycles. The fraction of sp³-hybridized carbons (Fsp3) is 0.364. The summed E-state index contributed by atoms with van der Waals surface area (Å²) in [5.74, 6) is 1.37. The number of anilines is 1. The van der Waals surface area contributed by atoms with Crippen molar-refractivity contribution in [2.45, 2.75) is 44.8 Å². The van der Waals surface area contributed by atoms with Crippen molar-refractivity contribution in [2.75, 3.05) is 5.73 Å². The topological polar surface area (TPSA) is 136 Å². The van der Waals surface area contributed by atoms with Crippen LogP contribution in [0.15, 0.2) is 41.1 Å². The SMILES string of the molecule is Cc1cc(C(C)(O)c2ccc3c(C(C)(O)C4CC4)nn(-c4ccnc(N)n4)c3c2)no1. The maximum atomic E-state index is 11.3. The van der Waals surface area contributed by atoms with Crippen LogP contribution >= 0.6 is 0 Å². The van der Waals surface area contributed by atoms with Crippen LogP contribution in [0.1, 0.15) is 49.4 Å². The van der Waals surface area contributed by atoms with Gasteiger partial charge in [-0.3, -0.25) is 0 Å². The van der Waals surface area contributed by atoms with Gasteiger partial charge in [0.05, 0.1) is 5.52 Å². The molecule has 0 bridgehead atoms. The van der Waals surface area contributed by atoms with Gasteiger partial charge in [0.15, 0.2) is 5.82 Å². The van der Waals surface area contributed by atoms with Gasteiger partial charge < -0.3 is 20.5 Å². The van der Waals surface area contributed by atoms with Crippen molar-refractivity contribution >= 4 is 16.9 Å². The van der Waals surface area contributed by atoms with Crippen molar-refractivity contribution in [1.82, 2.24) is 24.9 Å². The van der Waals surface area contributed by atoms with E-state index in [-0.39, 0.29) is 11.9 Å². The smallest absolute Gasteiger partial charge is 0.221 e. The Morgan fingerprint density at radius 3 is 2.58 bits per heavy atom. The Morgan fingerprint density at radius 2 is 1.94 bits per heavy atom. The van der Waals surface area contributed by atoms with Gasteiger partial charge in [-0.2, -0.15) is 10.1 Å². The van der Waals surface area contributed by atoms with Gasteiger partial charge in [0.25, 0.3) is 0 Å². The minimum absolute atomic E-state index is 0.123. The molecular formula is C22H24N6O3. The van der Waals surface area contributed by atoms with Gasteiger partial charge in [-0.05, 0) is 51.2 Å². The summed E-state index contributed by atoms with van der Waals surface area (Å²) in [7, 11) is 0. The van der Waals surface area contributed by atoms with Crippen LogP contribution in [0.4, 0.5) is 5.95 Å². The number of aryl methyl sites for hydroxylation is 1. The lowest BCUT2D eigenvalue weighted by Gasteiger charge is -2.22. The van der Waals surface area contributed by atoms with Crippen LogP contribution in [-0.4, -0.2) is 35.1 Å². The third kappa shape index (κ3) is 3.17. The molecule has 2 atom stereocenters. The lowest BCUT2D eigenvalue weighted by molar-refractivity contribution is 0.0297. The molecule has 1 aliphatic carbocycles. The molecule has 9 nitrogen and oxygen atoms in total. The van der Waals surface area contributed by atoms with Crippen molar-refractivity contribution in [3.8, 4) is 5.82 Å². The maximum Gasteiger partial charge on any atom is 0.221 e. The maximum absolute atomic E-state index is 11.3. The minimum atomic E-state index is -1.38. The van der Waals surface area contributed by atoms with Crippen molar-refractivity contribution in [3.63, 3.8) is 0 Å². The molecule has 0 spiro atoms. The molecule has 2 unspecified atom stereocenters. The second-order valence-electron chi connectivity index (χ2n) is 8.58. The molecule has 1 aromatic carbocycles. The summed E-state index contributed by atoms with van der Waals surface area (Å²) in [6, 6.07) is 8.92. The molecule has 5 rings (SSSR count). The highest BCUT2D eigenvalue weighted by Crippen LogP contribution is 2.47. The van der Waals surface area contributed by atoms with Gasteiger partial charge in [0.2, 0.25) is 5.95 Å². The van der Waals surface area contributed by atoms with Crippen molar-refractivity contribution in [1.29, 1.82) is 0 Å². The molecule has 31 heavy (non-hydrogen) atoms. The van der Waals surface area contributed by atoms with E-state index >= 15 is 0 Å². The highest BCUT2D eigenvalue weighted by Gasteiger charge is 2.44. The van der Waals surface area contributed by atoms with E-state index in [0.717, 1.165) is 18.2 Å². The molecule has 0 radical (unpaired) electrons. The zero-order valence-electron chi connectivity index (χ0n) is 17.6. The molecule has 0 aliphatic heterocycles. The second-order valence-corrected chi connectivity index (χ2v) is 8.58. The molecule has 1 fully saturated rings. The third-order valence-corrected chi connectivity index (χ3v) is 6.10. The summed E-state index contributed by atoms with van der Waals surface area (Å²) in [5.41, 5.74) is 5.62. The predicted octanol–water partition coefficient (Wildman–Crippen LogP) is 2.57. The summed E-state index contributed by atoms with van der Waals surface area (Å²) in [6.07, 6.45) is 3.47. The molecule has 4 N–H and O–H groups in total. The van der Waals surface area contributed by atoms with Gasteiger partial charge in [-0.25, -0.2) is 9.67 Å². The summed E-state index contributed by atoms with van der Waals surface area (Å²) in [6.45, 7) is 5.24. The Labute approximate surface area is 178 Å². The number of nitrogens with zero attached hydrogens (tertiary/aromatic N) is 5. The van der Waals surface area contributed by atoms with E-state index in [1.807, 2.05) is 18.2 Å². The fourth-order valence-electron chi connectivity index (χ4n) is 4.03. The van der Waals surface area contributed by atoms with E-state index in [1.165, 1.54) is 0 Å². The van der Waals surface area contributed by atoms with Crippen LogP contribution in [0.5, 0.6) is 0 Å². The predicted molar refractivity (Wildman–Crippen MR) is 113 cm³/mol. The minimum Gasteiger partial charge on any atom is -0.383 e. The van der Waals surface area contributed by atoms with Gasteiger partial charge in [-0.1, -0.05) is 17.3 Å².